The monoisotopic (exact) mass is 621 g/mol. The lowest BCUT2D eigenvalue weighted by Crippen LogP contribution is -2.49. The molecule has 1 saturated heterocycles. The Hall–Kier alpha value is -3.37. The Bertz CT molecular complexity index is 1560. The highest BCUT2D eigenvalue weighted by atomic mass is 32.2. The fraction of sp³-hybridized carbons (Fsp3) is 0.455. The zero-order valence-corrected chi connectivity index (χ0v) is 26.3. The molecule has 228 valence electrons. The van der Waals surface area contributed by atoms with Crippen molar-refractivity contribution in [2.24, 2.45) is 5.92 Å². The molecule has 6 rings (SSSR count). The van der Waals surface area contributed by atoms with E-state index in [1.165, 1.54) is 10.4 Å². The number of piperidine rings is 1. The largest absolute Gasteiger partial charge is 0.478 e. The van der Waals surface area contributed by atoms with Gasteiger partial charge in [-0.15, -0.1) is 11.3 Å². The molecule has 0 bridgehead atoms. The van der Waals surface area contributed by atoms with Crippen molar-refractivity contribution in [3.63, 3.8) is 0 Å². The zero-order valence-electron chi connectivity index (χ0n) is 24.7. The van der Waals surface area contributed by atoms with Crippen LogP contribution in [0.25, 0.3) is 10.4 Å². The molecule has 2 aliphatic carbocycles. The average Bonchev–Trinajstić information content (AvgIpc) is 3.94. The molecule has 2 aromatic carbocycles. The van der Waals surface area contributed by atoms with E-state index in [9.17, 15) is 18.0 Å². The number of nitrogens with zero attached hydrogens (tertiary/aromatic N) is 2. The third-order valence-corrected chi connectivity index (χ3v) is 11.2. The van der Waals surface area contributed by atoms with Gasteiger partial charge in [-0.25, -0.2) is 13.1 Å². The number of benzene rings is 2. The highest BCUT2D eigenvalue weighted by Gasteiger charge is 2.41. The third-order valence-electron chi connectivity index (χ3n) is 8.45. The normalized spacial score (nSPS) is 19.1. The molecule has 10 heteroatoms. The molecule has 8 nitrogen and oxygen atoms in total. The summed E-state index contributed by atoms with van der Waals surface area (Å²) in [5.41, 5.74) is 1.88. The van der Waals surface area contributed by atoms with Crippen molar-refractivity contribution < 1.29 is 22.7 Å². The maximum atomic E-state index is 13.9. The van der Waals surface area contributed by atoms with Crippen LogP contribution in [0.3, 0.4) is 0 Å². The Labute approximate surface area is 258 Å². The van der Waals surface area contributed by atoms with E-state index in [1.807, 2.05) is 18.2 Å². The number of rotatable bonds is 11. The minimum Gasteiger partial charge on any atom is -0.478 e. The van der Waals surface area contributed by atoms with E-state index >= 15 is 0 Å². The lowest BCUT2D eigenvalue weighted by Gasteiger charge is -2.36. The number of sulfonamides is 1. The molecule has 2 heterocycles. The number of ether oxygens (including phenoxy) is 1. The smallest absolute Gasteiger partial charge is 0.277 e. The first-order valence-corrected chi connectivity index (χ1v) is 17.5. The van der Waals surface area contributed by atoms with Gasteiger partial charge in [0.15, 0.2) is 5.60 Å². The number of hydrogen-bond donors (Lipinski definition) is 1. The molecular formula is C33H39N3O5S2. The summed E-state index contributed by atoms with van der Waals surface area (Å²) in [5, 5.41) is 1.59. The van der Waals surface area contributed by atoms with Crippen LogP contribution in [-0.2, 0) is 26.2 Å². The molecule has 1 aromatic heterocycles. The van der Waals surface area contributed by atoms with Gasteiger partial charge in [-0.3, -0.25) is 9.59 Å². The molecule has 1 atom stereocenters. The van der Waals surface area contributed by atoms with Crippen molar-refractivity contribution in [1.82, 2.24) is 9.62 Å². The van der Waals surface area contributed by atoms with Gasteiger partial charge in [0.1, 0.15) is 5.75 Å². The van der Waals surface area contributed by atoms with E-state index in [2.05, 4.69) is 56.3 Å². The highest BCUT2D eigenvalue weighted by Crippen LogP contribution is 2.34. The Kier molecular flexibility index (Phi) is 8.26. The minimum atomic E-state index is -3.66. The van der Waals surface area contributed by atoms with Crippen molar-refractivity contribution in [2.75, 3.05) is 18.0 Å². The van der Waals surface area contributed by atoms with E-state index in [-0.39, 0.29) is 11.8 Å². The molecule has 2 saturated carbocycles. The van der Waals surface area contributed by atoms with Crippen molar-refractivity contribution in [3.8, 4) is 16.2 Å². The number of carbonyl (C=O) groups excluding carboxylic acids is 2. The van der Waals surface area contributed by atoms with Crippen LogP contribution in [0, 0.1) is 5.92 Å². The van der Waals surface area contributed by atoms with Crippen LogP contribution in [0.15, 0.2) is 66.0 Å². The van der Waals surface area contributed by atoms with E-state index in [0.717, 1.165) is 43.5 Å². The van der Waals surface area contributed by atoms with Gasteiger partial charge in [-0.05, 0) is 87.1 Å². The van der Waals surface area contributed by atoms with Crippen molar-refractivity contribution in [3.05, 3.63) is 71.6 Å². The SMILES string of the molecule is CC(C)(Oc1cccc(N2CCC[C@H](C(=O)N(Cc3ccc(-c4cccs4)cc3)C3CC3)C2)c1)C(=O)NS(=O)(=O)C1CC1. The summed E-state index contributed by atoms with van der Waals surface area (Å²) >= 11 is 1.73. The predicted octanol–water partition coefficient (Wildman–Crippen LogP) is 5.59. The van der Waals surface area contributed by atoms with Crippen LogP contribution in [0.2, 0.25) is 0 Å². The lowest BCUT2D eigenvalue weighted by atomic mass is 9.95. The summed E-state index contributed by atoms with van der Waals surface area (Å²) in [6.07, 6.45) is 5.02. The highest BCUT2D eigenvalue weighted by molar-refractivity contribution is 7.90. The second kappa shape index (κ2) is 12.0. The minimum absolute atomic E-state index is 0.0980. The van der Waals surface area contributed by atoms with Gasteiger partial charge in [0.25, 0.3) is 5.91 Å². The topological polar surface area (TPSA) is 96.0 Å². The molecule has 2 amide bonds. The zero-order chi connectivity index (χ0) is 30.2. The summed E-state index contributed by atoms with van der Waals surface area (Å²) in [4.78, 5) is 32.2. The van der Waals surface area contributed by atoms with E-state index in [1.54, 1.807) is 31.3 Å². The van der Waals surface area contributed by atoms with Gasteiger partial charge >= 0.3 is 0 Å². The Morgan fingerprint density at radius 3 is 2.47 bits per heavy atom. The number of amides is 2. The molecule has 43 heavy (non-hydrogen) atoms. The van der Waals surface area contributed by atoms with Gasteiger partial charge in [-0.1, -0.05) is 36.4 Å². The molecule has 3 aromatic rings. The van der Waals surface area contributed by atoms with Crippen LogP contribution in [0.5, 0.6) is 5.75 Å². The lowest BCUT2D eigenvalue weighted by molar-refractivity contribution is -0.137. The average molecular weight is 622 g/mol. The second-order valence-electron chi connectivity index (χ2n) is 12.4. The van der Waals surface area contributed by atoms with Crippen LogP contribution in [0.1, 0.15) is 57.9 Å². The van der Waals surface area contributed by atoms with Crippen LogP contribution >= 0.6 is 11.3 Å². The number of anilines is 1. The standard InChI is InChI=1S/C33H39N3O5S2/c1-33(2,32(38)34-43(39,40)29-16-17-29)41-28-8-3-7-27(20-28)35-18-4-6-25(22-35)31(37)36(26-14-15-26)21-23-10-12-24(13-11-23)30-9-5-19-42-30/h3,5,7-13,19-20,25-26,29H,4,6,14-18,21-22H2,1-2H3,(H,34,38)/t25-/m0/s1. The molecule has 0 spiro atoms. The fourth-order valence-electron chi connectivity index (χ4n) is 5.63. The van der Waals surface area contributed by atoms with E-state index < -0.39 is 26.8 Å². The molecule has 3 fully saturated rings. The first-order valence-electron chi connectivity index (χ1n) is 15.1. The molecular weight excluding hydrogens is 583 g/mol. The van der Waals surface area contributed by atoms with Crippen molar-refractivity contribution >= 4 is 38.9 Å². The Morgan fingerprint density at radius 2 is 1.79 bits per heavy atom. The Balaban J connectivity index is 1.10. The van der Waals surface area contributed by atoms with Crippen molar-refractivity contribution in [1.29, 1.82) is 0 Å². The predicted molar refractivity (Wildman–Crippen MR) is 169 cm³/mol. The molecule has 1 aliphatic heterocycles. The summed E-state index contributed by atoms with van der Waals surface area (Å²) in [7, 11) is -3.66. The first kappa shape index (κ1) is 29.7. The van der Waals surface area contributed by atoms with Crippen LogP contribution in [0.4, 0.5) is 5.69 Å². The van der Waals surface area contributed by atoms with E-state index in [4.69, 9.17) is 4.74 Å². The molecule has 0 unspecified atom stereocenters. The molecule has 1 N–H and O–H groups in total. The first-order chi connectivity index (χ1) is 20.6. The molecule has 0 radical (unpaired) electrons. The Morgan fingerprint density at radius 1 is 1.02 bits per heavy atom. The second-order valence-corrected chi connectivity index (χ2v) is 15.4. The number of nitrogens with one attached hydrogen (secondary N) is 1. The van der Waals surface area contributed by atoms with Gasteiger partial charge in [0, 0.05) is 42.3 Å². The van der Waals surface area contributed by atoms with Crippen LogP contribution in [-0.4, -0.2) is 55.1 Å². The molecule has 3 aliphatic rings. The summed E-state index contributed by atoms with van der Waals surface area (Å²) in [6.45, 7) is 5.20. The van der Waals surface area contributed by atoms with Gasteiger partial charge in [0.05, 0.1) is 11.2 Å². The van der Waals surface area contributed by atoms with Crippen LogP contribution < -0.4 is 14.4 Å². The van der Waals surface area contributed by atoms with E-state index in [0.29, 0.717) is 37.7 Å². The van der Waals surface area contributed by atoms with Gasteiger partial charge in [-0.2, -0.15) is 0 Å². The maximum Gasteiger partial charge on any atom is 0.277 e. The summed E-state index contributed by atoms with van der Waals surface area (Å²) in [6, 6.07) is 20.5. The fourth-order valence-corrected chi connectivity index (χ4v) is 7.79. The quantitative estimate of drug-likeness (QED) is 0.300. The maximum absolute atomic E-state index is 13.9. The summed E-state index contributed by atoms with van der Waals surface area (Å²) in [5.74, 6) is -0.0916. The van der Waals surface area contributed by atoms with Gasteiger partial charge < -0.3 is 14.5 Å². The summed E-state index contributed by atoms with van der Waals surface area (Å²) < 4.78 is 32.8. The number of thiophene rings is 1. The number of hydrogen-bond acceptors (Lipinski definition) is 7. The van der Waals surface area contributed by atoms with Crippen molar-refractivity contribution in [2.45, 2.75) is 75.8 Å². The third kappa shape index (κ3) is 7.07. The number of carbonyl (C=O) groups is 2. The van der Waals surface area contributed by atoms with Gasteiger partial charge in [0.2, 0.25) is 15.9 Å².